The Morgan fingerprint density at radius 1 is 1.11 bits per heavy atom. The van der Waals surface area contributed by atoms with Crippen LogP contribution < -0.4 is 5.32 Å². The lowest BCUT2D eigenvalue weighted by Crippen LogP contribution is -2.14. The number of carbonyl (C=O) groups excluding carboxylic acids is 1. The van der Waals surface area contributed by atoms with Crippen molar-refractivity contribution in [1.29, 1.82) is 0 Å². The van der Waals surface area contributed by atoms with Gasteiger partial charge in [-0.05, 0) is 36.2 Å². The minimum Gasteiger partial charge on any atom is -0.508 e. The summed E-state index contributed by atoms with van der Waals surface area (Å²) in [4.78, 5) is 11.8. The van der Waals surface area contributed by atoms with E-state index in [1.165, 1.54) is 0 Å². The number of para-hydroxylation sites is 1. The predicted molar refractivity (Wildman–Crippen MR) is 71.6 cm³/mol. The molecule has 0 unspecified atom stereocenters. The molecule has 2 rings (SSSR count). The van der Waals surface area contributed by atoms with E-state index in [0.717, 1.165) is 16.8 Å². The number of benzene rings is 2. The first-order valence-corrected chi connectivity index (χ1v) is 5.78. The standard InChI is InChI=1S/C15H15NO2/c1-11-4-2-3-5-14(11)16-15(18)10-12-6-8-13(17)9-7-12/h2-9,17H,10H2,1H3,(H,16,18). The van der Waals surface area contributed by atoms with Crippen molar-refractivity contribution in [2.45, 2.75) is 13.3 Å². The largest absolute Gasteiger partial charge is 0.508 e. The maximum atomic E-state index is 11.8. The molecule has 3 nitrogen and oxygen atoms in total. The van der Waals surface area contributed by atoms with Crippen molar-refractivity contribution < 1.29 is 9.90 Å². The Hall–Kier alpha value is -2.29. The number of aryl methyl sites for hydroxylation is 1. The number of carbonyl (C=O) groups is 1. The molecule has 0 fully saturated rings. The van der Waals surface area contributed by atoms with Crippen molar-refractivity contribution in [3.05, 3.63) is 59.7 Å². The average Bonchev–Trinajstić information content (AvgIpc) is 2.35. The molecule has 0 aromatic heterocycles. The molecule has 3 heteroatoms. The Morgan fingerprint density at radius 2 is 1.78 bits per heavy atom. The number of nitrogens with one attached hydrogen (secondary N) is 1. The highest BCUT2D eigenvalue weighted by molar-refractivity contribution is 5.92. The van der Waals surface area contributed by atoms with Crippen molar-refractivity contribution in [1.82, 2.24) is 0 Å². The monoisotopic (exact) mass is 241 g/mol. The number of phenolic OH excluding ortho intramolecular Hbond substituents is 1. The third kappa shape index (κ3) is 3.10. The number of hydrogen-bond acceptors (Lipinski definition) is 2. The van der Waals surface area contributed by atoms with Gasteiger partial charge in [0, 0.05) is 5.69 Å². The van der Waals surface area contributed by atoms with Crippen LogP contribution in [0.5, 0.6) is 5.75 Å². The zero-order valence-electron chi connectivity index (χ0n) is 10.2. The molecular formula is C15H15NO2. The topological polar surface area (TPSA) is 49.3 Å². The highest BCUT2D eigenvalue weighted by atomic mass is 16.3. The molecular weight excluding hydrogens is 226 g/mol. The summed E-state index contributed by atoms with van der Waals surface area (Å²) in [7, 11) is 0. The molecule has 2 N–H and O–H groups in total. The quantitative estimate of drug-likeness (QED) is 0.868. The molecule has 0 aliphatic carbocycles. The van der Waals surface area contributed by atoms with Crippen LogP contribution in [-0.2, 0) is 11.2 Å². The molecule has 18 heavy (non-hydrogen) atoms. The molecule has 2 aromatic rings. The molecule has 0 saturated carbocycles. The van der Waals surface area contributed by atoms with Gasteiger partial charge >= 0.3 is 0 Å². The van der Waals surface area contributed by atoms with Crippen LogP contribution in [0.4, 0.5) is 5.69 Å². The summed E-state index contributed by atoms with van der Waals surface area (Å²) >= 11 is 0. The summed E-state index contributed by atoms with van der Waals surface area (Å²) in [5.41, 5.74) is 2.75. The van der Waals surface area contributed by atoms with Gasteiger partial charge in [-0.1, -0.05) is 30.3 Å². The number of hydrogen-bond donors (Lipinski definition) is 2. The molecule has 0 radical (unpaired) electrons. The van der Waals surface area contributed by atoms with Gasteiger partial charge in [0.2, 0.25) is 5.91 Å². The summed E-state index contributed by atoms with van der Waals surface area (Å²) in [5.74, 6) is 0.146. The van der Waals surface area contributed by atoms with Crippen LogP contribution in [0.1, 0.15) is 11.1 Å². The van der Waals surface area contributed by atoms with Crippen molar-refractivity contribution in [3.8, 4) is 5.75 Å². The minimum atomic E-state index is -0.0602. The van der Waals surface area contributed by atoms with Gasteiger partial charge in [0.1, 0.15) is 5.75 Å². The maximum absolute atomic E-state index is 11.8. The molecule has 0 bridgehead atoms. The maximum Gasteiger partial charge on any atom is 0.228 e. The van der Waals surface area contributed by atoms with E-state index in [9.17, 15) is 4.79 Å². The summed E-state index contributed by atoms with van der Waals surface area (Å²) in [6.07, 6.45) is 0.300. The summed E-state index contributed by atoms with van der Waals surface area (Å²) in [6.45, 7) is 1.95. The van der Waals surface area contributed by atoms with Crippen molar-refractivity contribution >= 4 is 11.6 Å². The number of amides is 1. The lowest BCUT2D eigenvalue weighted by molar-refractivity contribution is -0.115. The summed E-state index contributed by atoms with van der Waals surface area (Å²) in [6, 6.07) is 14.3. The Labute approximate surface area is 106 Å². The molecule has 0 aliphatic heterocycles. The zero-order valence-corrected chi connectivity index (χ0v) is 10.2. The molecule has 0 saturated heterocycles. The molecule has 2 aromatic carbocycles. The minimum absolute atomic E-state index is 0.0602. The average molecular weight is 241 g/mol. The lowest BCUT2D eigenvalue weighted by atomic mass is 10.1. The van der Waals surface area contributed by atoms with Crippen LogP contribution in [0.25, 0.3) is 0 Å². The first-order valence-electron chi connectivity index (χ1n) is 5.78. The van der Waals surface area contributed by atoms with Gasteiger partial charge in [-0.25, -0.2) is 0 Å². The molecule has 0 heterocycles. The van der Waals surface area contributed by atoms with E-state index in [2.05, 4.69) is 5.32 Å². The second kappa shape index (κ2) is 5.36. The van der Waals surface area contributed by atoms with Crippen LogP contribution in [-0.4, -0.2) is 11.0 Å². The number of phenols is 1. The van der Waals surface area contributed by atoms with Crippen LogP contribution in [0, 0.1) is 6.92 Å². The highest BCUT2D eigenvalue weighted by Gasteiger charge is 2.05. The Kier molecular flexibility index (Phi) is 3.63. The van der Waals surface area contributed by atoms with Gasteiger partial charge in [0.25, 0.3) is 0 Å². The molecule has 0 spiro atoms. The van der Waals surface area contributed by atoms with E-state index in [1.54, 1.807) is 24.3 Å². The predicted octanol–water partition coefficient (Wildman–Crippen LogP) is 2.88. The highest BCUT2D eigenvalue weighted by Crippen LogP contribution is 2.14. The van der Waals surface area contributed by atoms with Crippen LogP contribution in [0.3, 0.4) is 0 Å². The lowest BCUT2D eigenvalue weighted by Gasteiger charge is -2.08. The molecule has 92 valence electrons. The number of aromatic hydroxyl groups is 1. The fourth-order valence-corrected chi connectivity index (χ4v) is 1.71. The first-order chi connectivity index (χ1) is 8.65. The molecule has 0 atom stereocenters. The van der Waals surface area contributed by atoms with Gasteiger partial charge in [-0.3, -0.25) is 4.79 Å². The number of rotatable bonds is 3. The van der Waals surface area contributed by atoms with Gasteiger partial charge in [-0.2, -0.15) is 0 Å². The second-order valence-electron chi connectivity index (χ2n) is 4.21. The molecule has 0 aliphatic rings. The van der Waals surface area contributed by atoms with Crippen LogP contribution in [0.2, 0.25) is 0 Å². The number of anilines is 1. The third-order valence-electron chi connectivity index (χ3n) is 2.72. The first kappa shape index (κ1) is 12.2. The van der Waals surface area contributed by atoms with Crippen LogP contribution in [0.15, 0.2) is 48.5 Å². The summed E-state index contributed by atoms with van der Waals surface area (Å²) in [5, 5.41) is 12.0. The summed E-state index contributed by atoms with van der Waals surface area (Å²) < 4.78 is 0. The zero-order chi connectivity index (χ0) is 13.0. The van der Waals surface area contributed by atoms with E-state index in [-0.39, 0.29) is 11.7 Å². The van der Waals surface area contributed by atoms with Crippen molar-refractivity contribution in [2.24, 2.45) is 0 Å². The van der Waals surface area contributed by atoms with Crippen molar-refractivity contribution in [2.75, 3.05) is 5.32 Å². The fraction of sp³-hybridized carbons (Fsp3) is 0.133. The van der Waals surface area contributed by atoms with E-state index in [1.807, 2.05) is 31.2 Å². The smallest absolute Gasteiger partial charge is 0.228 e. The van der Waals surface area contributed by atoms with Gasteiger partial charge in [0.15, 0.2) is 0 Å². The Morgan fingerprint density at radius 3 is 2.44 bits per heavy atom. The van der Waals surface area contributed by atoms with Crippen molar-refractivity contribution in [3.63, 3.8) is 0 Å². The fourth-order valence-electron chi connectivity index (χ4n) is 1.71. The Balaban J connectivity index is 2.01. The van der Waals surface area contributed by atoms with E-state index in [0.29, 0.717) is 6.42 Å². The van der Waals surface area contributed by atoms with E-state index >= 15 is 0 Å². The normalized spacial score (nSPS) is 10.1. The Bertz CT molecular complexity index is 547. The SMILES string of the molecule is Cc1ccccc1NC(=O)Cc1ccc(O)cc1. The second-order valence-corrected chi connectivity index (χ2v) is 4.21. The third-order valence-corrected chi connectivity index (χ3v) is 2.72. The van der Waals surface area contributed by atoms with E-state index in [4.69, 9.17) is 5.11 Å². The van der Waals surface area contributed by atoms with Gasteiger partial charge in [-0.15, -0.1) is 0 Å². The van der Waals surface area contributed by atoms with Gasteiger partial charge < -0.3 is 10.4 Å². The molecule has 1 amide bonds. The van der Waals surface area contributed by atoms with Gasteiger partial charge in [0.05, 0.1) is 6.42 Å². The van der Waals surface area contributed by atoms with Crippen LogP contribution >= 0.6 is 0 Å². The van der Waals surface area contributed by atoms with E-state index < -0.39 is 0 Å².